The molecule has 1 aromatic carbocycles. The molecule has 0 bridgehead atoms. The summed E-state index contributed by atoms with van der Waals surface area (Å²) in [6.45, 7) is 1.55. The molecule has 1 amide bonds. The minimum absolute atomic E-state index is 0.0290. The summed E-state index contributed by atoms with van der Waals surface area (Å²) in [7, 11) is 0. The van der Waals surface area contributed by atoms with Gasteiger partial charge in [-0.25, -0.2) is 4.39 Å². The minimum Gasteiger partial charge on any atom is -0.396 e. The van der Waals surface area contributed by atoms with Gasteiger partial charge in [-0.2, -0.15) is 0 Å². The minimum atomic E-state index is -0.514. The van der Waals surface area contributed by atoms with Crippen molar-refractivity contribution in [2.75, 3.05) is 18.8 Å². The second-order valence-corrected chi connectivity index (χ2v) is 6.20. The summed E-state index contributed by atoms with van der Waals surface area (Å²) < 4.78 is 13.5. The van der Waals surface area contributed by atoms with Crippen molar-refractivity contribution in [2.45, 2.75) is 38.5 Å². The van der Waals surface area contributed by atoms with Gasteiger partial charge in [0.25, 0.3) is 5.91 Å². The Morgan fingerprint density at radius 2 is 1.80 bits per heavy atom. The Morgan fingerprint density at radius 3 is 2.45 bits per heavy atom. The predicted molar refractivity (Wildman–Crippen MR) is 76.9 cm³/mol. The van der Waals surface area contributed by atoms with Gasteiger partial charge < -0.3 is 10.6 Å². The fourth-order valence-electron chi connectivity index (χ4n) is 3.70. The summed E-state index contributed by atoms with van der Waals surface area (Å²) in [6, 6.07) is 4.44. The smallest absolute Gasteiger partial charge is 0.256 e. The van der Waals surface area contributed by atoms with E-state index in [1.165, 1.54) is 31.7 Å². The van der Waals surface area contributed by atoms with Crippen LogP contribution in [0.15, 0.2) is 18.2 Å². The molecule has 3 nitrogen and oxygen atoms in total. The highest BCUT2D eigenvalue weighted by Gasteiger charge is 2.38. The van der Waals surface area contributed by atoms with E-state index in [4.69, 9.17) is 5.73 Å². The highest BCUT2D eigenvalue weighted by molar-refractivity contribution is 5.99. The van der Waals surface area contributed by atoms with Gasteiger partial charge in [-0.1, -0.05) is 18.9 Å². The Kier molecular flexibility index (Phi) is 3.40. The van der Waals surface area contributed by atoms with Crippen LogP contribution in [-0.2, 0) is 0 Å². The molecule has 0 aromatic heterocycles. The van der Waals surface area contributed by atoms with E-state index in [0.29, 0.717) is 11.0 Å². The number of hydrogen-bond acceptors (Lipinski definition) is 2. The first-order valence-electron chi connectivity index (χ1n) is 7.45. The first-order chi connectivity index (χ1) is 9.61. The molecule has 2 N–H and O–H groups in total. The molecule has 0 unspecified atom stereocenters. The molecule has 4 heteroatoms. The van der Waals surface area contributed by atoms with Crippen molar-refractivity contribution < 1.29 is 9.18 Å². The van der Waals surface area contributed by atoms with Crippen LogP contribution in [0, 0.1) is 11.2 Å². The average molecular weight is 276 g/mol. The molecule has 1 spiro atoms. The molecule has 0 radical (unpaired) electrons. The molecule has 108 valence electrons. The first kappa shape index (κ1) is 13.4. The van der Waals surface area contributed by atoms with E-state index in [1.54, 1.807) is 12.1 Å². The Bertz CT molecular complexity index is 513. The van der Waals surface area contributed by atoms with Crippen molar-refractivity contribution in [3.05, 3.63) is 29.6 Å². The molecule has 1 aromatic rings. The maximum absolute atomic E-state index is 13.5. The van der Waals surface area contributed by atoms with Crippen LogP contribution in [0.3, 0.4) is 0 Å². The largest absolute Gasteiger partial charge is 0.396 e. The molecular weight excluding hydrogens is 255 g/mol. The molecule has 1 heterocycles. The van der Waals surface area contributed by atoms with Crippen molar-refractivity contribution in [2.24, 2.45) is 5.41 Å². The number of halogens is 1. The number of likely N-dealkylation sites (tertiary alicyclic amines) is 1. The molecule has 2 aliphatic rings. The lowest BCUT2D eigenvalue weighted by atomic mass is 9.77. The Hall–Kier alpha value is -1.58. The predicted octanol–water partition coefficient (Wildman–Crippen LogP) is 3.20. The van der Waals surface area contributed by atoms with E-state index in [1.807, 2.05) is 4.90 Å². The summed E-state index contributed by atoms with van der Waals surface area (Å²) in [5.74, 6) is -0.644. The number of piperidine rings is 1. The zero-order valence-electron chi connectivity index (χ0n) is 11.7. The van der Waals surface area contributed by atoms with Gasteiger partial charge in [0, 0.05) is 13.1 Å². The third-order valence-electron chi connectivity index (χ3n) is 5.06. The average Bonchev–Trinajstić information content (AvgIpc) is 2.90. The second kappa shape index (κ2) is 5.08. The Morgan fingerprint density at radius 1 is 1.15 bits per heavy atom. The van der Waals surface area contributed by atoms with Crippen LogP contribution in [-0.4, -0.2) is 23.9 Å². The number of amides is 1. The van der Waals surface area contributed by atoms with Crippen molar-refractivity contribution in [3.63, 3.8) is 0 Å². The molecule has 0 atom stereocenters. The van der Waals surface area contributed by atoms with Gasteiger partial charge in [-0.3, -0.25) is 4.79 Å². The number of hydrogen-bond donors (Lipinski definition) is 1. The number of carbonyl (C=O) groups is 1. The van der Waals surface area contributed by atoms with E-state index >= 15 is 0 Å². The van der Waals surface area contributed by atoms with Crippen LogP contribution in [0.5, 0.6) is 0 Å². The molecule has 1 saturated carbocycles. The van der Waals surface area contributed by atoms with E-state index in [2.05, 4.69) is 0 Å². The quantitative estimate of drug-likeness (QED) is 0.801. The normalized spacial score (nSPS) is 21.4. The molecule has 1 aliphatic carbocycles. The molecule has 3 rings (SSSR count). The number of carbonyl (C=O) groups excluding carboxylic acids is 1. The zero-order chi connectivity index (χ0) is 14.2. The zero-order valence-corrected chi connectivity index (χ0v) is 11.7. The van der Waals surface area contributed by atoms with Gasteiger partial charge in [0.2, 0.25) is 0 Å². The van der Waals surface area contributed by atoms with Gasteiger partial charge >= 0.3 is 0 Å². The fourth-order valence-corrected chi connectivity index (χ4v) is 3.70. The Balaban J connectivity index is 1.71. The van der Waals surface area contributed by atoms with Crippen molar-refractivity contribution >= 4 is 11.6 Å². The monoisotopic (exact) mass is 276 g/mol. The number of nitrogen functional groups attached to an aromatic ring is 1. The lowest BCUT2D eigenvalue weighted by Gasteiger charge is -2.39. The maximum Gasteiger partial charge on any atom is 0.256 e. The number of nitrogens with two attached hydrogens (primary N) is 1. The van der Waals surface area contributed by atoms with Crippen LogP contribution in [0.25, 0.3) is 0 Å². The highest BCUT2D eigenvalue weighted by Crippen LogP contribution is 2.46. The van der Waals surface area contributed by atoms with Gasteiger partial charge in [-0.05, 0) is 43.2 Å². The fraction of sp³-hybridized carbons (Fsp3) is 0.562. The number of rotatable bonds is 1. The number of anilines is 1. The van der Waals surface area contributed by atoms with Crippen molar-refractivity contribution in [1.29, 1.82) is 0 Å². The van der Waals surface area contributed by atoms with E-state index in [9.17, 15) is 9.18 Å². The molecule has 1 aliphatic heterocycles. The van der Waals surface area contributed by atoms with Gasteiger partial charge in [0.05, 0.1) is 11.3 Å². The van der Waals surface area contributed by atoms with Crippen LogP contribution < -0.4 is 5.73 Å². The standard InChI is InChI=1S/C16H21FN2O/c17-13-5-3-4-12(14(13)18)15(20)19-10-8-16(9-11-19)6-1-2-7-16/h3-5H,1-2,6-11,18H2. The van der Waals surface area contributed by atoms with Gasteiger partial charge in [-0.15, -0.1) is 0 Å². The summed E-state index contributed by atoms with van der Waals surface area (Å²) in [6.07, 6.45) is 7.41. The SMILES string of the molecule is Nc1c(F)cccc1C(=O)N1CCC2(CCCC2)CC1. The molecule has 1 saturated heterocycles. The molecular formula is C16H21FN2O. The topological polar surface area (TPSA) is 46.3 Å². The number of nitrogens with zero attached hydrogens (tertiary/aromatic N) is 1. The summed E-state index contributed by atoms with van der Waals surface area (Å²) >= 11 is 0. The lowest BCUT2D eigenvalue weighted by Crippen LogP contribution is -2.42. The lowest BCUT2D eigenvalue weighted by molar-refractivity contribution is 0.0588. The van der Waals surface area contributed by atoms with Gasteiger partial charge in [0.1, 0.15) is 5.82 Å². The Labute approximate surface area is 118 Å². The highest BCUT2D eigenvalue weighted by atomic mass is 19.1. The van der Waals surface area contributed by atoms with Crippen LogP contribution >= 0.6 is 0 Å². The molecule has 20 heavy (non-hydrogen) atoms. The van der Waals surface area contributed by atoms with E-state index in [0.717, 1.165) is 25.9 Å². The maximum atomic E-state index is 13.5. The van der Waals surface area contributed by atoms with Crippen LogP contribution in [0.1, 0.15) is 48.9 Å². The number of para-hydroxylation sites is 1. The van der Waals surface area contributed by atoms with E-state index < -0.39 is 5.82 Å². The third-order valence-corrected chi connectivity index (χ3v) is 5.06. The second-order valence-electron chi connectivity index (χ2n) is 6.20. The molecule has 2 fully saturated rings. The summed E-state index contributed by atoms with van der Waals surface area (Å²) in [5.41, 5.74) is 6.43. The summed E-state index contributed by atoms with van der Waals surface area (Å²) in [4.78, 5) is 14.3. The van der Waals surface area contributed by atoms with Gasteiger partial charge in [0.15, 0.2) is 0 Å². The van der Waals surface area contributed by atoms with Crippen molar-refractivity contribution in [1.82, 2.24) is 4.90 Å². The van der Waals surface area contributed by atoms with Crippen LogP contribution in [0.4, 0.5) is 10.1 Å². The number of benzene rings is 1. The summed E-state index contributed by atoms with van der Waals surface area (Å²) in [5, 5.41) is 0. The first-order valence-corrected chi connectivity index (χ1v) is 7.45. The van der Waals surface area contributed by atoms with Crippen molar-refractivity contribution in [3.8, 4) is 0 Å². The third kappa shape index (κ3) is 2.28. The van der Waals surface area contributed by atoms with Crippen LogP contribution in [0.2, 0.25) is 0 Å². The van der Waals surface area contributed by atoms with E-state index in [-0.39, 0.29) is 11.6 Å².